The number of carbonyl (C=O) groups is 2. The summed E-state index contributed by atoms with van der Waals surface area (Å²) >= 11 is 12.1. The summed E-state index contributed by atoms with van der Waals surface area (Å²) in [7, 11) is 0. The van der Waals surface area contributed by atoms with Crippen molar-refractivity contribution in [2.75, 3.05) is 0 Å². The van der Waals surface area contributed by atoms with E-state index in [1.165, 1.54) is 0 Å². The Kier molecular flexibility index (Phi) is 5.64. The topological polar surface area (TPSA) is 66.4 Å². The van der Waals surface area contributed by atoms with E-state index >= 15 is 0 Å². The van der Waals surface area contributed by atoms with E-state index < -0.39 is 5.97 Å². The predicted octanol–water partition coefficient (Wildman–Crippen LogP) is 4.11. The van der Waals surface area contributed by atoms with Gasteiger partial charge in [0, 0.05) is 15.6 Å². The fourth-order valence-electron chi connectivity index (χ4n) is 2.15. The molecule has 6 heteroatoms. The molecular formula is C17H15Cl2NO3. The zero-order valence-electron chi connectivity index (χ0n) is 12.3. The second-order valence-corrected chi connectivity index (χ2v) is 5.97. The number of halogens is 2. The molecular weight excluding hydrogens is 337 g/mol. The van der Waals surface area contributed by atoms with Crippen molar-refractivity contribution in [2.45, 2.75) is 19.4 Å². The first-order chi connectivity index (χ1) is 10.9. The Morgan fingerprint density at radius 3 is 2.39 bits per heavy atom. The highest BCUT2D eigenvalue weighted by Gasteiger charge is 2.14. The van der Waals surface area contributed by atoms with Crippen molar-refractivity contribution in [2.24, 2.45) is 0 Å². The van der Waals surface area contributed by atoms with Crippen LogP contribution in [-0.4, -0.2) is 17.0 Å². The first-order valence-corrected chi connectivity index (χ1v) is 7.69. The number of carboxylic acid groups (broad SMARTS) is 1. The highest BCUT2D eigenvalue weighted by atomic mass is 35.5. The van der Waals surface area contributed by atoms with Gasteiger partial charge in [0.15, 0.2) is 0 Å². The minimum Gasteiger partial charge on any atom is -0.481 e. The van der Waals surface area contributed by atoms with Crippen LogP contribution in [-0.2, 0) is 11.2 Å². The molecule has 0 aromatic heterocycles. The van der Waals surface area contributed by atoms with Gasteiger partial charge in [-0.1, -0.05) is 35.3 Å². The second kappa shape index (κ2) is 7.49. The standard InChI is InChI=1S/C17H15Cl2NO3/c1-10(14-9-13(18)6-7-15(14)19)20-17(23)12-4-2-11(3-5-12)8-16(21)22/h2-7,9-10H,8H2,1H3,(H,20,23)(H,21,22)/t10-/m0/s1. The van der Waals surface area contributed by atoms with Crippen LogP contribution >= 0.6 is 23.2 Å². The monoisotopic (exact) mass is 351 g/mol. The highest BCUT2D eigenvalue weighted by Crippen LogP contribution is 2.26. The van der Waals surface area contributed by atoms with Gasteiger partial charge >= 0.3 is 5.97 Å². The van der Waals surface area contributed by atoms with Gasteiger partial charge < -0.3 is 10.4 Å². The Bertz CT molecular complexity index is 729. The molecule has 2 N–H and O–H groups in total. The van der Waals surface area contributed by atoms with Gasteiger partial charge in [-0.05, 0) is 48.4 Å². The molecule has 0 unspecified atom stereocenters. The van der Waals surface area contributed by atoms with Crippen molar-refractivity contribution in [3.63, 3.8) is 0 Å². The van der Waals surface area contributed by atoms with Gasteiger partial charge in [0.2, 0.25) is 0 Å². The molecule has 0 saturated carbocycles. The maximum Gasteiger partial charge on any atom is 0.307 e. The Hall–Kier alpha value is -2.04. The van der Waals surface area contributed by atoms with E-state index in [1.807, 2.05) is 6.92 Å². The van der Waals surface area contributed by atoms with Crippen LogP contribution in [0.1, 0.15) is 34.5 Å². The van der Waals surface area contributed by atoms with Crippen LogP contribution in [0, 0.1) is 0 Å². The number of aliphatic carboxylic acids is 1. The number of carboxylic acids is 1. The molecule has 0 radical (unpaired) electrons. The SMILES string of the molecule is C[C@H](NC(=O)c1ccc(CC(=O)O)cc1)c1cc(Cl)ccc1Cl. The van der Waals surface area contributed by atoms with Gasteiger partial charge in [0.1, 0.15) is 0 Å². The quantitative estimate of drug-likeness (QED) is 0.851. The molecule has 0 aliphatic rings. The lowest BCUT2D eigenvalue weighted by Crippen LogP contribution is -2.26. The van der Waals surface area contributed by atoms with Crippen LogP contribution in [0.5, 0.6) is 0 Å². The molecule has 0 bridgehead atoms. The predicted molar refractivity (Wildman–Crippen MR) is 90.1 cm³/mol. The lowest BCUT2D eigenvalue weighted by atomic mass is 10.1. The molecule has 0 aliphatic heterocycles. The summed E-state index contributed by atoms with van der Waals surface area (Å²) in [5.41, 5.74) is 1.82. The maximum absolute atomic E-state index is 12.3. The van der Waals surface area contributed by atoms with Crippen LogP contribution in [0.3, 0.4) is 0 Å². The third-order valence-electron chi connectivity index (χ3n) is 3.34. The van der Waals surface area contributed by atoms with Gasteiger partial charge in [-0.15, -0.1) is 0 Å². The number of hydrogen-bond donors (Lipinski definition) is 2. The smallest absolute Gasteiger partial charge is 0.307 e. The summed E-state index contributed by atoms with van der Waals surface area (Å²) in [5.74, 6) is -1.18. The van der Waals surface area contributed by atoms with Gasteiger partial charge in [0.05, 0.1) is 12.5 Å². The molecule has 4 nitrogen and oxygen atoms in total. The average molecular weight is 352 g/mol. The van der Waals surface area contributed by atoms with Crippen molar-refractivity contribution in [1.29, 1.82) is 0 Å². The lowest BCUT2D eigenvalue weighted by molar-refractivity contribution is -0.136. The third-order valence-corrected chi connectivity index (χ3v) is 3.92. The Morgan fingerprint density at radius 2 is 1.78 bits per heavy atom. The summed E-state index contributed by atoms with van der Waals surface area (Å²) in [5, 5.41) is 12.7. The molecule has 0 aliphatic carbocycles. The van der Waals surface area contributed by atoms with E-state index in [0.29, 0.717) is 21.2 Å². The Labute approximate surface area is 144 Å². The summed E-state index contributed by atoms with van der Waals surface area (Å²) in [6.07, 6.45) is -0.0730. The molecule has 2 rings (SSSR count). The number of rotatable bonds is 5. The Balaban J connectivity index is 2.09. The fourth-order valence-corrected chi connectivity index (χ4v) is 2.61. The van der Waals surface area contributed by atoms with Gasteiger partial charge in [0.25, 0.3) is 5.91 Å². The molecule has 120 valence electrons. The molecule has 23 heavy (non-hydrogen) atoms. The van der Waals surface area contributed by atoms with E-state index in [-0.39, 0.29) is 18.4 Å². The molecule has 0 spiro atoms. The van der Waals surface area contributed by atoms with Crippen molar-refractivity contribution in [3.8, 4) is 0 Å². The number of nitrogens with one attached hydrogen (secondary N) is 1. The van der Waals surface area contributed by atoms with Crippen LogP contribution < -0.4 is 5.32 Å². The van der Waals surface area contributed by atoms with Crippen molar-refractivity contribution >= 4 is 35.1 Å². The number of carbonyl (C=O) groups excluding carboxylic acids is 1. The van der Waals surface area contributed by atoms with E-state index in [0.717, 1.165) is 5.56 Å². The fraction of sp³-hybridized carbons (Fsp3) is 0.176. The van der Waals surface area contributed by atoms with E-state index in [1.54, 1.807) is 42.5 Å². The lowest BCUT2D eigenvalue weighted by Gasteiger charge is -2.16. The normalized spacial score (nSPS) is 11.8. The number of hydrogen-bond acceptors (Lipinski definition) is 2. The summed E-state index contributed by atoms with van der Waals surface area (Å²) in [6.45, 7) is 1.81. The molecule has 0 saturated heterocycles. The summed E-state index contributed by atoms with van der Waals surface area (Å²) in [6, 6.07) is 11.2. The van der Waals surface area contributed by atoms with E-state index in [9.17, 15) is 9.59 Å². The van der Waals surface area contributed by atoms with Crippen molar-refractivity contribution in [3.05, 3.63) is 69.2 Å². The van der Waals surface area contributed by atoms with Crippen molar-refractivity contribution < 1.29 is 14.7 Å². The van der Waals surface area contributed by atoms with Gasteiger partial charge in [-0.2, -0.15) is 0 Å². The first kappa shape index (κ1) is 17.3. The van der Waals surface area contributed by atoms with E-state index in [4.69, 9.17) is 28.3 Å². The van der Waals surface area contributed by atoms with Gasteiger partial charge in [-0.3, -0.25) is 9.59 Å². The third kappa shape index (κ3) is 4.71. The summed E-state index contributed by atoms with van der Waals surface area (Å²) in [4.78, 5) is 22.9. The first-order valence-electron chi connectivity index (χ1n) is 6.93. The molecule has 2 aromatic rings. The zero-order chi connectivity index (χ0) is 17.0. The highest BCUT2D eigenvalue weighted by molar-refractivity contribution is 6.33. The minimum absolute atomic E-state index is 0.0730. The maximum atomic E-state index is 12.3. The minimum atomic E-state index is -0.911. The van der Waals surface area contributed by atoms with Crippen LogP contribution in [0.2, 0.25) is 10.0 Å². The Morgan fingerprint density at radius 1 is 1.13 bits per heavy atom. The molecule has 1 amide bonds. The van der Waals surface area contributed by atoms with Crippen molar-refractivity contribution in [1.82, 2.24) is 5.32 Å². The van der Waals surface area contributed by atoms with Gasteiger partial charge in [-0.25, -0.2) is 0 Å². The molecule has 2 aromatic carbocycles. The second-order valence-electron chi connectivity index (χ2n) is 5.13. The number of amides is 1. The van der Waals surface area contributed by atoms with Crippen LogP contribution in [0.4, 0.5) is 0 Å². The molecule has 1 atom stereocenters. The average Bonchev–Trinajstić information content (AvgIpc) is 2.49. The number of benzene rings is 2. The largest absolute Gasteiger partial charge is 0.481 e. The zero-order valence-corrected chi connectivity index (χ0v) is 13.9. The molecule has 0 fully saturated rings. The van der Waals surface area contributed by atoms with Crippen LogP contribution in [0.25, 0.3) is 0 Å². The summed E-state index contributed by atoms with van der Waals surface area (Å²) < 4.78 is 0. The van der Waals surface area contributed by atoms with E-state index in [2.05, 4.69) is 5.32 Å². The molecule has 0 heterocycles. The van der Waals surface area contributed by atoms with Crippen LogP contribution in [0.15, 0.2) is 42.5 Å².